The van der Waals surface area contributed by atoms with Gasteiger partial charge < -0.3 is 5.32 Å². The van der Waals surface area contributed by atoms with Gasteiger partial charge in [-0.15, -0.1) is 0 Å². The monoisotopic (exact) mass is 219 g/mol. The Hall–Kier alpha value is -1.09. The summed E-state index contributed by atoms with van der Waals surface area (Å²) in [7, 11) is 0. The predicted molar refractivity (Wildman–Crippen MR) is 61.8 cm³/mol. The summed E-state index contributed by atoms with van der Waals surface area (Å²) in [5.41, 5.74) is 0.941. The van der Waals surface area contributed by atoms with Crippen molar-refractivity contribution in [3.63, 3.8) is 0 Å². The minimum absolute atomic E-state index is 0.199. The van der Waals surface area contributed by atoms with Crippen LogP contribution in [0.5, 0.6) is 0 Å². The van der Waals surface area contributed by atoms with Gasteiger partial charge in [0.1, 0.15) is 0 Å². The molecule has 3 heteroatoms. The van der Waals surface area contributed by atoms with Crippen LogP contribution in [0.2, 0.25) is 0 Å². The maximum atomic E-state index is 12.0. The van der Waals surface area contributed by atoms with Crippen LogP contribution in [0.15, 0.2) is 29.0 Å². The van der Waals surface area contributed by atoms with Crippen molar-refractivity contribution < 1.29 is 4.79 Å². The zero-order chi connectivity index (χ0) is 10.3. The van der Waals surface area contributed by atoms with E-state index < -0.39 is 0 Å². The second-order valence-electron chi connectivity index (χ2n) is 4.39. The maximum absolute atomic E-state index is 12.0. The third-order valence-electron chi connectivity index (χ3n) is 3.40. The Morgan fingerprint density at radius 3 is 2.93 bits per heavy atom. The van der Waals surface area contributed by atoms with Gasteiger partial charge in [-0.1, -0.05) is 12.2 Å². The molecule has 3 rings (SSSR count). The molecule has 2 aliphatic carbocycles. The second-order valence-corrected chi connectivity index (χ2v) is 5.17. The van der Waals surface area contributed by atoms with Crippen molar-refractivity contribution in [2.24, 2.45) is 17.8 Å². The molecule has 2 bridgehead atoms. The van der Waals surface area contributed by atoms with Crippen LogP contribution in [-0.2, 0) is 4.79 Å². The molecule has 0 saturated heterocycles. The molecule has 1 aromatic heterocycles. The molecule has 0 aliphatic heterocycles. The summed E-state index contributed by atoms with van der Waals surface area (Å²) in [6, 6.07) is 1.95. The lowest BCUT2D eigenvalue weighted by Gasteiger charge is -2.16. The molecular weight excluding hydrogens is 206 g/mol. The molecule has 2 aliphatic rings. The van der Waals surface area contributed by atoms with Gasteiger partial charge >= 0.3 is 0 Å². The van der Waals surface area contributed by atoms with Crippen LogP contribution < -0.4 is 5.32 Å². The predicted octanol–water partition coefficient (Wildman–Crippen LogP) is 2.90. The third kappa shape index (κ3) is 1.61. The van der Waals surface area contributed by atoms with Crippen molar-refractivity contribution in [1.29, 1.82) is 0 Å². The van der Waals surface area contributed by atoms with E-state index in [1.807, 2.05) is 16.8 Å². The van der Waals surface area contributed by atoms with Crippen molar-refractivity contribution >= 4 is 22.9 Å². The molecule has 0 radical (unpaired) electrons. The van der Waals surface area contributed by atoms with Crippen LogP contribution in [0, 0.1) is 17.8 Å². The van der Waals surface area contributed by atoms with Gasteiger partial charge in [0.25, 0.3) is 0 Å². The summed E-state index contributed by atoms with van der Waals surface area (Å²) in [4.78, 5) is 12.0. The summed E-state index contributed by atoms with van der Waals surface area (Å²) in [5, 5.41) is 6.94. The summed E-state index contributed by atoms with van der Waals surface area (Å²) in [6.07, 6.45) is 6.70. The van der Waals surface area contributed by atoms with E-state index in [1.165, 1.54) is 6.42 Å². The highest BCUT2D eigenvalue weighted by atomic mass is 32.1. The zero-order valence-electron chi connectivity index (χ0n) is 8.35. The maximum Gasteiger partial charge on any atom is 0.228 e. The van der Waals surface area contributed by atoms with Gasteiger partial charge in [0, 0.05) is 11.3 Å². The molecule has 15 heavy (non-hydrogen) atoms. The number of carbonyl (C=O) groups is 1. The van der Waals surface area contributed by atoms with Crippen LogP contribution in [0.4, 0.5) is 5.69 Å². The van der Waals surface area contributed by atoms with Crippen molar-refractivity contribution in [3.8, 4) is 0 Å². The van der Waals surface area contributed by atoms with Gasteiger partial charge in [0.2, 0.25) is 5.91 Å². The minimum Gasteiger partial charge on any atom is -0.325 e. The van der Waals surface area contributed by atoms with Gasteiger partial charge in [0.15, 0.2) is 0 Å². The van der Waals surface area contributed by atoms with E-state index in [-0.39, 0.29) is 11.8 Å². The number of amides is 1. The van der Waals surface area contributed by atoms with Crippen LogP contribution in [0.3, 0.4) is 0 Å². The largest absolute Gasteiger partial charge is 0.325 e. The molecule has 1 amide bonds. The number of rotatable bonds is 2. The van der Waals surface area contributed by atoms with E-state index in [2.05, 4.69) is 17.5 Å². The summed E-state index contributed by atoms with van der Waals surface area (Å²) in [6.45, 7) is 0. The normalized spacial score (nSPS) is 32.1. The molecule has 1 saturated carbocycles. The second kappa shape index (κ2) is 3.49. The van der Waals surface area contributed by atoms with Crippen LogP contribution in [-0.4, -0.2) is 5.91 Å². The first-order chi connectivity index (χ1) is 7.33. The first kappa shape index (κ1) is 9.16. The summed E-state index contributed by atoms with van der Waals surface area (Å²) in [5.74, 6) is 1.56. The van der Waals surface area contributed by atoms with Gasteiger partial charge in [-0.25, -0.2) is 0 Å². The van der Waals surface area contributed by atoms with E-state index >= 15 is 0 Å². The lowest BCUT2D eigenvalue weighted by Crippen LogP contribution is -2.25. The number of thiophene rings is 1. The van der Waals surface area contributed by atoms with Gasteiger partial charge in [-0.05, 0) is 36.1 Å². The van der Waals surface area contributed by atoms with Crippen LogP contribution in [0.1, 0.15) is 12.8 Å². The molecule has 1 N–H and O–H groups in total. The standard InChI is InChI=1S/C12H13NOS/c14-12(13-10-3-4-15-7-10)11-6-8-1-2-9(11)5-8/h1-4,7-9,11H,5-6H2,(H,13,14). The smallest absolute Gasteiger partial charge is 0.228 e. The van der Waals surface area contributed by atoms with E-state index in [0.29, 0.717) is 11.8 Å². The highest BCUT2D eigenvalue weighted by Crippen LogP contribution is 2.43. The number of nitrogens with one attached hydrogen (secondary N) is 1. The molecular formula is C12H13NOS. The fourth-order valence-electron chi connectivity index (χ4n) is 2.65. The van der Waals surface area contributed by atoms with Crippen LogP contribution in [0.25, 0.3) is 0 Å². The summed E-state index contributed by atoms with van der Waals surface area (Å²) >= 11 is 1.61. The van der Waals surface area contributed by atoms with E-state index in [4.69, 9.17) is 0 Å². The molecule has 0 aromatic carbocycles. The van der Waals surface area contributed by atoms with Gasteiger partial charge in [-0.2, -0.15) is 11.3 Å². The van der Waals surface area contributed by atoms with E-state index in [1.54, 1.807) is 11.3 Å². The topological polar surface area (TPSA) is 29.1 Å². The zero-order valence-corrected chi connectivity index (χ0v) is 9.17. The highest BCUT2D eigenvalue weighted by molar-refractivity contribution is 7.08. The van der Waals surface area contributed by atoms with Crippen molar-refractivity contribution in [1.82, 2.24) is 0 Å². The Labute approximate surface area is 93.0 Å². The minimum atomic E-state index is 0.199. The first-order valence-electron chi connectivity index (χ1n) is 5.34. The molecule has 1 aromatic rings. The van der Waals surface area contributed by atoms with E-state index in [0.717, 1.165) is 12.1 Å². The fraction of sp³-hybridized carbons (Fsp3) is 0.417. The average Bonchev–Trinajstić information content (AvgIpc) is 2.93. The SMILES string of the molecule is O=C(Nc1ccsc1)C1CC2C=CC1C2. The fourth-order valence-corrected chi connectivity index (χ4v) is 3.24. The number of hydrogen-bond donors (Lipinski definition) is 1. The molecule has 3 atom stereocenters. The number of allylic oxidation sites excluding steroid dienone is 2. The number of hydrogen-bond acceptors (Lipinski definition) is 2. The molecule has 78 valence electrons. The average molecular weight is 219 g/mol. The van der Waals surface area contributed by atoms with Crippen molar-refractivity contribution in [2.75, 3.05) is 5.32 Å². The molecule has 1 heterocycles. The lowest BCUT2D eigenvalue weighted by atomic mass is 9.93. The van der Waals surface area contributed by atoms with Crippen molar-refractivity contribution in [2.45, 2.75) is 12.8 Å². The Kier molecular flexibility index (Phi) is 2.13. The van der Waals surface area contributed by atoms with Crippen LogP contribution >= 0.6 is 11.3 Å². The Bertz CT molecular complexity index is 396. The number of fused-ring (bicyclic) bond motifs is 2. The molecule has 0 spiro atoms. The number of anilines is 1. The number of carbonyl (C=O) groups excluding carboxylic acids is 1. The Morgan fingerprint density at radius 1 is 1.40 bits per heavy atom. The molecule has 3 unspecified atom stereocenters. The Balaban J connectivity index is 1.68. The quantitative estimate of drug-likeness (QED) is 0.761. The summed E-state index contributed by atoms with van der Waals surface area (Å²) < 4.78 is 0. The Morgan fingerprint density at radius 2 is 2.33 bits per heavy atom. The highest BCUT2D eigenvalue weighted by Gasteiger charge is 2.39. The van der Waals surface area contributed by atoms with E-state index in [9.17, 15) is 4.79 Å². The first-order valence-corrected chi connectivity index (χ1v) is 6.28. The lowest BCUT2D eigenvalue weighted by molar-refractivity contribution is -0.120. The van der Waals surface area contributed by atoms with Gasteiger partial charge in [0.05, 0.1) is 5.69 Å². The molecule has 1 fully saturated rings. The third-order valence-corrected chi connectivity index (χ3v) is 4.09. The molecule has 2 nitrogen and oxygen atoms in total. The van der Waals surface area contributed by atoms with Gasteiger partial charge in [-0.3, -0.25) is 4.79 Å². The van der Waals surface area contributed by atoms with Crippen molar-refractivity contribution in [3.05, 3.63) is 29.0 Å².